The third-order valence-corrected chi connectivity index (χ3v) is 3.70. The number of amides is 1. The monoisotopic (exact) mass is 326 g/mol. The number of nitrogens with zero attached hydrogens (tertiary/aromatic N) is 1. The quantitative estimate of drug-likeness (QED) is 0.903. The van der Waals surface area contributed by atoms with E-state index in [0.29, 0.717) is 6.54 Å². The van der Waals surface area contributed by atoms with E-state index in [-0.39, 0.29) is 17.9 Å². The predicted octanol–water partition coefficient (Wildman–Crippen LogP) is 3.17. The fourth-order valence-corrected chi connectivity index (χ4v) is 2.04. The number of benzene rings is 1. The van der Waals surface area contributed by atoms with Crippen LogP contribution in [-0.2, 0) is 11.3 Å². The van der Waals surface area contributed by atoms with Gasteiger partial charge in [0.1, 0.15) is 0 Å². The van der Waals surface area contributed by atoms with Crippen LogP contribution < -0.4 is 5.73 Å². The molecule has 1 atom stereocenters. The Hall–Kier alpha value is -0.870. The van der Waals surface area contributed by atoms with Gasteiger partial charge >= 0.3 is 0 Å². The largest absolute Gasteiger partial charge is 0.335 e. The van der Waals surface area contributed by atoms with Crippen molar-refractivity contribution in [1.29, 1.82) is 0 Å². The molecule has 0 aromatic heterocycles. The van der Waals surface area contributed by atoms with Crippen molar-refractivity contribution in [3.05, 3.63) is 34.3 Å². The molecule has 3 nitrogen and oxygen atoms in total. The number of hydrogen-bond donors (Lipinski definition) is 1. The summed E-state index contributed by atoms with van der Waals surface area (Å²) in [6.07, 6.45) is 0. The Balaban J connectivity index is 2.84. The number of hydrogen-bond acceptors (Lipinski definition) is 2. The van der Waals surface area contributed by atoms with E-state index in [9.17, 15) is 4.79 Å². The van der Waals surface area contributed by atoms with Crippen molar-refractivity contribution in [2.24, 2.45) is 11.7 Å². The van der Waals surface area contributed by atoms with Gasteiger partial charge < -0.3 is 10.6 Å². The van der Waals surface area contributed by atoms with Gasteiger partial charge in [-0.25, -0.2) is 0 Å². The van der Waals surface area contributed by atoms with Gasteiger partial charge in [-0.15, -0.1) is 0 Å². The normalized spacial score (nSPS) is 12.8. The van der Waals surface area contributed by atoms with Crippen LogP contribution in [0.4, 0.5) is 0 Å². The molecule has 0 fully saturated rings. The van der Waals surface area contributed by atoms with Crippen LogP contribution >= 0.6 is 15.9 Å². The van der Waals surface area contributed by atoms with Gasteiger partial charge in [0.25, 0.3) is 0 Å². The summed E-state index contributed by atoms with van der Waals surface area (Å²) in [5.41, 5.74) is 7.09. The molecule has 0 aliphatic carbocycles. The molecule has 4 heteroatoms. The van der Waals surface area contributed by atoms with E-state index in [2.05, 4.69) is 15.9 Å². The van der Waals surface area contributed by atoms with Gasteiger partial charge in [-0.2, -0.15) is 0 Å². The maximum absolute atomic E-state index is 12.4. The lowest BCUT2D eigenvalue weighted by Crippen LogP contribution is -2.48. The Bertz CT molecular complexity index is 415. The van der Waals surface area contributed by atoms with E-state index in [4.69, 9.17) is 5.73 Å². The van der Waals surface area contributed by atoms with Crippen LogP contribution in [0.15, 0.2) is 28.7 Å². The third kappa shape index (κ3) is 4.62. The zero-order valence-electron chi connectivity index (χ0n) is 12.1. The van der Waals surface area contributed by atoms with Crippen molar-refractivity contribution in [3.8, 4) is 0 Å². The van der Waals surface area contributed by atoms with Crippen LogP contribution in [0.1, 0.15) is 33.3 Å². The van der Waals surface area contributed by atoms with E-state index in [1.54, 1.807) is 0 Å². The lowest BCUT2D eigenvalue weighted by atomic mass is 10.0. The van der Waals surface area contributed by atoms with E-state index in [1.165, 1.54) is 0 Å². The summed E-state index contributed by atoms with van der Waals surface area (Å²) in [5, 5.41) is 0. The first-order valence-electron chi connectivity index (χ1n) is 6.63. The maximum atomic E-state index is 12.4. The van der Waals surface area contributed by atoms with Gasteiger partial charge in [0.15, 0.2) is 0 Å². The van der Waals surface area contributed by atoms with Crippen LogP contribution in [0.2, 0.25) is 0 Å². The van der Waals surface area contributed by atoms with Gasteiger partial charge in [-0.1, -0.05) is 41.9 Å². The smallest absolute Gasteiger partial charge is 0.240 e. The molecule has 0 saturated heterocycles. The second kappa shape index (κ2) is 7.06. The molecule has 1 aromatic rings. The van der Waals surface area contributed by atoms with Crippen molar-refractivity contribution in [1.82, 2.24) is 4.90 Å². The Morgan fingerprint density at radius 2 is 1.74 bits per heavy atom. The SMILES string of the molecule is CC(C)C(N)C(=O)N(Cc1ccc(Br)cc1)C(C)C. The molecule has 106 valence electrons. The minimum absolute atomic E-state index is 0.0212. The molecule has 0 saturated carbocycles. The van der Waals surface area contributed by atoms with Crippen molar-refractivity contribution in [2.75, 3.05) is 0 Å². The molecule has 1 unspecified atom stereocenters. The van der Waals surface area contributed by atoms with Crippen LogP contribution in [0.5, 0.6) is 0 Å². The first-order chi connectivity index (χ1) is 8.82. The van der Waals surface area contributed by atoms with Gasteiger partial charge in [0.05, 0.1) is 6.04 Å². The molecule has 1 aromatic carbocycles. The standard InChI is InChI=1S/C15H23BrN2O/c1-10(2)14(17)15(19)18(11(3)4)9-12-5-7-13(16)8-6-12/h5-8,10-11,14H,9,17H2,1-4H3. The highest BCUT2D eigenvalue weighted by molar-refractivity contribution is 9.10. The molecule has 2 N–H and O–H groups in total. The Labute approximate surface area is 124 Å². The Morgan fingerprint density at radius 1 is 1.21 bits per heavy atom. The van der Waals surface area contributed by atoms with Gasteiger partial charge in [0.2, 0.25) is 5.91 Å². The zero-order chi connectivity index (χ0) is 14.6. The molecule has 1 amide bonds. The van der Waals surface area contributed by atoms with E-state index in [0.717, 1.165) is 10.0 Å². The fourth-order valence-electron chi connectivity index (χ4n) is 1.78. The van der Waals surface area contributed by atoms with Gasteiger partial charge in [0, 0.05) is 17.1 Å². The first-order valence-corrected chi connectivity index (χ1v) is 7.42. The molecule has 0 radical (unpaired) electrons. The summed E-state index contributed by atoms with van der Waals surface area (Å²) in [5.74, 6) is 0.173. The third-order valence-electron chi connectivity index (χ3n) is 3.18. The molecule has 19 heavy (non-hydrogen) atoms. The van der Waals surface area contributed by atoms with Crippen LogP contribution in [0.3, 0.4) is 0 Å². The van der Waals surface area contributed by atoms with Crippen LogP contribution in [0.25, 0.3) is 0 Å². The van der Waals surface area contributed by atoms with Crippen LogP contribution in [0, 0.1) is 5.92 Å². The van der Waals surface area contributed by atoms with Crippen molar-refractivity contribution < 1.29 is 4.79 Å². The fraction of sp³-hybridized carbons (Fsp3) is 0.533. The topological polar surface area (TPSA) is 46.3 Å². The molecule has 0 bridgehead atoms. The van der Waals surface area contributed by atoms with Crippen molar-refractivity contribution >= 4 is 21.8 Å². The molecular weight excluding hydrogens is 304 g/mol. The molecule has 0 aliphatic heterocycles. The summed E-state index contributed by atoms with van der Waals surface area (Å²) in [6.45, 7) is 8.58. The average molecular weight is 327 g/mol. The summed E-state index contributed by atoms with van der Waals surface area (Å²) < 4.78 is 1.04. The highest BCUT2D eigenvalue weighted by Gasteiger charge is 2.25. The molecule has 0 aliphatic rings. The van der Waals surface area contributed by atoms with Crippen molar-refractivity contribution in [2.45, 2.75) is 46.3 Å². The summed E-state index contributed by atoms with van der Waals surface area (Å²) >= 11 is 3.41. The number of carbonyl (C=O) groups is 1. The number of nitrogens with two attached hydrogens (primary N) is 1. The summed E-state index contributed by atoms with van der Waals surface area (Å²) in [6, 6.07) is 7.72. The number of carbonyl (C=O) groups excluding carboxylic acids is 1. The summed E-state index contributed by atoms with van der Waals surface area (Å²) in [4.78, 5) is 14.2. The highest BCUT2D eigenvalue weighted by atomic mass is 79.9. The van der Waals surface area contributed by atoms with E-state index >= 15 is 0 Å². The van der Waals surface area contributed by atoms with Gasteiger partial charge in [-0.3, -0.25) is 4.79 Å². The lowest BCUT2D eigenvalue weighted by molar-refractivity contribution is -0.136. The Morgan fingerprint density at radius 3 is 2.16 bits per heavy atom. The molecule has 1 rings (SSSR count). The maximum Gasteiger partial charge on any atom is 0.240 e. The first kappa shape index (κ1) is 16.2. The summed E-state index contributed by atoms with van der Waals surface area (Å²) in [7, 11) is 0. The number of rotatable bonds is 5. The molecule has 0 spiro atoms. The molecule has 0 heterocycles. The minimum atomic E-state index is -0.433. The number of halogens is 1. The predicted molar refractivity (Wildman–Crippen MR) is 82.6 cm³/mol. The van der Waals surface area contributed by atoms with Crippen molar-refractivity contribution in [3.63, 3.8) is 0 Å². The second-order valence-corrected chi connectivity index (χ2v) is 6.37. The lowest BCUT2D eigenvalue weighted by Gasteiger charge is -2.30. The highest BCUT2D eigenvalue weighted by Crippen LogP contribution is 2.15. The Kier molecular flexibility index (Phi) is 6.01. The zero-order valence-corrected chi connectivity index (χ0v) is 13.6. The molecular formula is C15H23BrN2O. The minimum Gasteiger partial charge on any atom is -0.335 e. The second-order valence-electron chi connectivity index (χ2n) is 5.46. The van der Waals surface area contributed by atoms with E-state index in [1.807, 2.05) is 56.9 Å². The van der Waals surface area contributed by atoms with Gasteiger partial charge in [-0.05, 0) is 37.5 Å². The van der Waals surface area contributed by atoms with Crippen LogP contribution in [-0.4, -0.2) is 22.9 Å². The average Bonchev–Trinajstić information content (AvgIpc) is 2.35. The van der Waals surface area contributed by atoms with E-state index < -0.39 is 6.04 Å².